The molecule has 0 atom stereocenters. The van der Waals surface area contributed by atoms with Gasteiger partial charge in [0.15, 0.2) is 0 Å². The molecule has 1 amide bonds. The van der Waals surface area contributed by atoms with E-state index in [0.717, 1.165) is 32.3 Å². The average molecular weight is 594 g/mol. The Kier molecular flexibility index (Phi) is 8.38. The highest BCUT2D eigenvalue weighted by molar-refractivity contribution is 7.92. The van der Waals surface area contributed by atoms with E-state index in [2.05, 4.69) is 4.98 Å². The molecule has 0 unspecified atom stereocenters. The molecule has 13 heteroatoms. The lowest BCUT2D eigenvalue weighted by Gasteiger charge is -2.17. The number of carbonyl (C=O) groups excluding carboxylic acids is 1. The van der Waals surface area contributed by atoms with Crippen LogP contribution in [0.3, 0.4) is 0 Å². The fraction of sp³-hybridized carbons (Fsp3) is 0.308. The van der Waals surface area contributed by atoms with Crippen LogP contribution >= 0.6 is 11.6 Å². The zero-order valence-electron chi connectivity index (χ0n) is 21.6. The van der Waals surface area contributed by atoms with Crippen LogP contribution in [0.15, 0.2) is 48.5 Å². The molecule has 2 heterocycles. The molecule has 1 N–H and O–H groups in total. The van der Waals surface area contributed by atoms with Gasteiger partial charge in [-0.25, -0.2) is 22.4 Å². The molecule has 0 bridgehead atoms. The van der Waals surface area contributed by atoms with E-state index in [1.54, 1.807) is 6.07 Å². The van der Waals surface area contributed by atoms with Gasteiger partial charge in [0.25, 0.3) is 5.91 Å². The molecule has 1 saturated heterocycles. The van der Waals surface area contributed by atoms with Crippen LogP contribution in [0, 0.1) is 13.8 Å². The van der Waals surface area contributed by atoms with Crippen molar-refractivity contribution in [3.8, 4) is 22.8 Å². The second-order valence-electron chi connectivity index (χ2n) is 9.21. The number of hydrogen-bond donors (Lipinski definition) is 1. The number of aromatic nitrogens is 1. The number of carbonyl (C=O) groups is 1. The molecule has 2 aromatic carbocycles. The maximum absolute atomic E-state index is 12.1. The van der Waals surface area contributed by atoms with Crippen LogP contribution in [0.2, 0.25) is 5.02 Å². The molecule has 208 valence electrons. The predicted molar refractivity (Wildman–Crippen MR) is 149 cm³/mol. The summed E-state index contributed by atoms with van der Waals surface area (Å²) >= 11 is 6.31. The third-order valence-electron chi connectivity index (χ3n) is 5.91. The topological polar surface area (TPSA) is 132 Å². The first-order chi connectivity index (χ1) is 18.3. The number of nitrogens with zero attached hydrogens (tertiary/aromatic N) is 2. The summed E-state index contributed by atoms with van der Waals surface area (Å²) < 4.78 is 61.2. The second kappa shape index (κ2) is 11.4. The number of amides is 1. The van der Waals surface area contributed by atoms with Crippen LogP contribution in [0.25, 0.3) is 11.1 Å². The van der Waals surface area contributed by atoms with E-state index >= 15 is 0 Å². The average Bonchev–Trinajstić information content (AvgIpc) is 3.11. The smallest absolute Gasteiger partial charge is 0.326 e. The number of aryl methyl sites for hydroxylation is 2. The molecular formula is C26H28ClN3O7S2. The van der Waals surface area contributed by atoms with Crippen molar-refractivity contribution in [3.63, 3.8) is 0 Å². The van der Waals surface area contributed by atoms with Crippen molar-refractivity contribution in [3.05, 3.63) is 70.4 Å². The van der Waals surface area contributed by atoms with Crippen LogP contribution in [-0.2, 0) is 31.4 Å². The monoisotopic (exact) mass is 593 g/mol. The van der Waals surface area contributed by atoms with Crippen molar-refractivity contribution in [2.75, 3.05) is 29.5 Å². The fourth-order valence-electron chi connectivity index (χ4n) is 4.23. The van der Waals surface area contributed by atoms with Gasteiger partial charge < -0.3 is 9.47 Å². The Morgan fingerprint density at radius 1 is 1.10 bits per heavy atom. The van der Waals surface area contributed by atoms with Gasteiger partial charge in [-0.3, -0.25) is 4.79 Å². The van der Waals surface area contributed by atoms with Crippen molar-refractivity contribution in [2.24, 2.45) is 0 Å². The first-order valence-electron chi connectivity index (χ1n) is 12.0. The van der Waals surface area contributed by atoms with Crippen molar-refractivity contribution in [1.82, 2.24) is 9.71 Å². The molecule has 0 aliphatic carbocycles. The quantitative estimate of drug-likeness (QED) is 0.353. The van der Waals surface area contributed by atoms with E-state index in [1.165, 1.54) is 18.4 Å². The first-order valence-corrected chi connectivity index (χ1v) is 15.8. The van der Waals surface area contributed by atoms with E-state index in [0.29, 0.717) is 18.1 Å². The standard InChI is InChI=1S/C26H28ClN3O7S2/c1-17-12-25(36-10-5-11-38(3,32)33)28-18(2)26(17)20-7-4-6-19(13-20)16-37-21-8-9-23(22(27)14-21)30-15-24(31)29-39(30,34)35/h4,6-9,12-14H,5,10-11,15-16H2,1-3H3,(H,29,31). The molecule has 1 fully saturated rings. The molecule has 1 aliphatic heterocycles. The summed E-state index contributed by atoms with van der Waals surface area (Å²) in [5, 5.41) is 0.136. The molecule has 3 aromatic rings. The summed E-state index contributed by atoms with van der Waals surface area (Å²) in [7, 11) is -6.99. The number of pyridine rings is 1. The molecule has 39 heavy (non-hydrogen) atoms. The normalized spacial score (nSPS) is 14.8. The van der Waals surface area contributed by atoms with Crippen LogP contribution < -0.4 is 18.5 Å². The van der Waals surface area contributed by atoms with Crippen LogP contribution in [0.5, 0.6) is 11.6 Å². The zero-order valence-corrected chi connectivity index (χ0v) is 24.0. The van der Waals surface area contributed by atoms with Crippen molar-refractivity contribution < 1.29 is 31.1 Å². The minimum Gasteiger partial charge on any atom is -0.489 e. The molecule has 4 rings (SSSR count). The number of ether oxygens (including phenoxy) is 2. The maximum Gasteiger partial charge on any atom is 0.326 e. The van der Waals surface area contributed by atoms with Gasteiger partial charge in [0.05, 0.1) is 23.1 Å². The molecular weight excluding hydrogens is 566 g/mol. The summed E-state index contributed by atoms with van der Waals surface area (Å²) in [6.07, 6.45) is 1.59. The first kappa shape index (κ1) is 28.7. The highest BCUT2D eigenvalue weighted by Crippen LogP contribution is 2.33. The highest BCUT2D eigenvalue weighted by Gasteiger charge is 2.35. The van der Waals surface area contributed by atoms with E-state index in [9.17, 15) is 21.6 Å². The summed E-state index contributed by atoms with van der Waals surface area (Å²) in [6, 6.07) is 14.2. The zero-order chi connectivity index (χ0) is 28.4. The third kappa shape index (κ3) is 7.20. The van der Waals surface area contributed by atoms with Crippen LogP contribution in [-0.4, -0.2) is 52.9 Å². The largest absolute Gasteiger partial charge is 0.489 e. The van der Waals surface area contributed by atoms with E-state index in [-0.39, 0.29) is 36.2 Å². The Hall–Kier alpha value is -3.35. The maximum atomic E-state index is 12.1. The van der Waals surface area contributed by atoms with Crippen molar-refractivity contribution >= 4 is 43.2 Å². The van der Waals surface area contributed by atoms with Gasteiger partial charge in [-0.15, -0.1) is 0 Å². The molecule has 0 radical (unpaired) electrons. The van der Waals surface area contributed by atoms with Gasteiger partial charge in [0.1, 0.15) is 28.7 Å². The van der Waals surface area contributed by atoms with Gasteiger partial charge >= 0.3 is 10.2 Å². The molecule has 0 saturated carbocycles. The number of hydrogen-bond acceptors (Lipinski definition) is 8. The summed E-state index contributed by atoms with van der Waals surface area (Å²) in [4.78, 5) is 16.1. The van der Waals surface area contributed by atoms with Gasteiger partial charge in [-0.1, -0.05) is 29.8 Å². The van der Waals surface area contributed by atoms with Crippen molar-refractivity contribution in [1.29, 1.82) is 0 Å². The lowest BCUT2D eigenvalue weighted by atomic mass is 9.98. The lowest BCUT2D eigenvalue weighted by Crippen LogP contribution is -2.29. The minimum atomic E-state index is -3.96. The SMILES string of the molecule is Cc1cc(OCCCS(C)(=O)=O)nc(C)c1-c1cccc(COc2ccc(N3CC(=O)NS3(=O)=O)c(Cl)c2)c1. The Morgan fingerprint density at radius 3 is 2.51 bits per heavy atom. The Morgan fingerprint density at radius 2 is 1.87 bits per heavy atom. The van der Waals surface area contributed by atoms with Gasteiger partial charge in [-0.2, -0.15) is 8.42 Å². The summed E-state index contributed by atoms with van der Waals surface area (Å²) in [5.41, 5.74) is 4.73. The second-order valence-corrected chi connectivity index (χ2v) is 13.5. The number of anilines is 1. The van der Waals surface area contributed by atoms with Gasteiger partial charge in [0.2, 0.25) is 5.88 Å². The fourth-order valence-corrected chi connectivity index (χ4v) is 6.36. The van der Waals surface area contributed by atoms with Crippen molar-refractivity contribution in [2.45, 2.75) is 26.9 Å². The predicted octanol–water partition coefficient (Wildman–Crippen LogP) is 3.59. The highest BCUT2D eigenvalue weighted by atomic mass is 35.5. The minimum absolute atomic E-state index is 0.0626. The van der Waals surface area contributed by atoms with Gasteiger partial charge in [0, 0.05) is 29.6 Å². The number of benzene rings is 2. The molecule has 1 aliphatic rings. The molecule has 1 aromatic heterocycles. The van der Waals surface area contributed by atoms with E-state index in [4.69, 9.17) is 21.1 Å². The summed E-state index contributed by atoms with van der Waals surface area (Å²) in [5.74, 6) is 0.326. The lowest BCUT2D eigenvalue weighted by molar-refractivity contribution is -0.117. The van der Waals surface area contributed by atoms with Gasteiger partial charge in [-0.05, 0) is 55.2 Å². The third-order valence-corrected chi connectivity index (χ3v) is 8.64. The Bertz CT molecular complexity index is 1600. The number of rotatable bonds is 10. The number of nitrogens with one attached hydrogen (secondary N) is 1. The number of halogens is 1. The Labute approximate surface area is 233 Å². The van der Waals surface area contributed by atoms with E-state index in [1.807, 2.05) is 48.9 Å². The van der Waals surface area contributed by atoms with Crippen LogP contribution in [0.1, 0.15) is 23.2 Å². The Balaban J connectivity index is 1.44. The molecule has 10 nitrogen and oxygen atoms in total. The summed E-state index contributed by atoms with van der Waals surface area (Å²) in [6.45, 7) is 4.02. The van der Waals surface area contributed by atoms with E-state index < -0.39 is 26.0 Å². The van der Waals surface area contributed by atoms with Crippen LogP contribution in [0.4, 0.5) is 5.69 Å². The molecule has 0 spiro atoms. The number of sulfone groups is 1.